The second kappa shape index (κ2) is 9.03. The van der Waals surface area contributed by atoms with Crippen molar-refractivity contribution in [2.45, 2.75) is 6.42 Å². The predicted octanol–water partition coefficient (Wildman–Crippen LogP) is 1.23. The molecule has 3 rings (SSSR count). The molecule has 2 aromatic rings. The molecule has 28 heavy (non-hydrogen) atoms. The zero-order valence-corrected chi connectivity index (χ0v) is 15.8. The van der Waals surface area contributed by atoms with Crippen LogP contribution in [0.4, 0.5) is 5.69 Å². The van der Waals surface area contributed by atoms with E-state index in [4.69, 9.17) is 4.74 Å². The van der Waals surface area contributed by atoms with E-state index in [0.29, 0.717) is 30.9 Å². The molecule has 0 saturated carbocycles. The minimum atomic E-state index is -0.685. The van der Waals surface area contributed by atoms with E-state index in [-0.39, 0.29) is 19.0 Å². The lowest BCUT2D eigenvalue weighted by Crippen LogP contribution is -2.56. The second-order valence-electron chi connectivity index (χ2n) is 6.44. The molecule has 7 heteroatoms. The zero-order valence-electron chi connectivity index (χ0n) is 15.8. The molecule has 7 nitrogen and oxygen atoms in total. The van der Waals surface area contributed by atoms with Crippen molar-refractivity contribution in [3.63, 3.8) is 0 Å². The summed E-state index contributed by atoms with van der Waals surface area (Å²) in [5, 5.41) is 2.80. The van der Waals surface area contributed by atoms with Gasteiger partial charge < -0.3 is 15.0 Å². The lowest BCUT2D eigenvalue weighted by Gasteiger charge is -2.33. The zero-order chi connectivity index (χ0) is 19.9. The number of carbonyl (C=O) groups is 3. The fraction of sp³-hybridized carbons (Fsp3) is 0.286. The number of para-hydroxylation sites is 2. The number of hydrogen-bond donors (Lipinski definition) is 1. The summed E-state index contributed by atoms with van der Waals surface area (Å²) in [5.74, 6) is -1.10. The molecule has 0 bridgehead atoms. The van der Waals surface area contributed by atoms with Gasteiger partial charge in [-0.05, 0) is 24.1 Å². The topological polar surface area (TPSA) is 79.0 Å². The number of nitrogens with zero attached hydrogens (tertiary/aromatic N) is 2. The van der Waals surface area contributed by atoms with Crippen LogP contribution < -0.4 is 15.0 Å². The smallest absolute Gasteiger partial charge is 0.316 e. The Morgan fingerprint density at radius 3 is 2.46 bits per heavy atom. The number of rotatable bonds is 7. The number of piperazine rings is 1. The van der Waals surface area contributed by atoms with Crippen molar-refractivity contribution in [1.29, 1.82) is 0 Å². The van der Waals surface area contributed by atoms with Crippen LogP contribution in [-0.2, 0) is 20.8 Å². The van der Waals surface area contributed by atoms with Crippen molar-refractivity contribution in [3.8, 4) is 5.75 Å². The Labute approximate surface area is 163 Å². The van der Waals surface area contributed by atoms with Gasteiger partial charge in [-0.1, -0.05) is 42.5 Å². The molecule has 3 amide bonds. The standard InChI is InChI=1S/C21H23N3O4/c1-28-18-10-6-5-9-17(18)24-14-13-23(20(26)21(24)27)15-19(25)22-12-11-16-7-3-2-4-8-16/h2-10H,11-15H2,1H3,(H,22,25). The fourth-order valence-electron chi connectivity index (χ4n) is 3.13. The average molecular weight is 381 g/mol. The van der Waals surface area contributed by atoms with Crippen molar-refractivity contribution < 1.29 is 19.1 Å². The molecule has 1 heterocycles. The van der Waals surface area contributed by atoms with E-state index in [1.54, 1.807) is 24.3 Å². The highest BCUT2D eigenvalue weighted by Crippen LogP contribution is 2.29. The Hall–Kier alpha value is -3.35. The maximum absolute atomic E-state index is 12.5. The lowest BCUT2D eigenvalue weighted by atomic mass is 10.1. The Balaban J connectivity index is 1.53. The summed E-state index contributed by atoms with van der Waals surface area (Å²) >= 11 is 0. The van der Waals surface area contributed by atoms with Crippen molar-refractivity contribution >= 4 is 23.4 Å². The first kappa shape index (κ1) is 19.4. The molecule has 1 fully saturated rings. The molecule has 0 radical (unpaired) electrons. The minimum absolute atomic E-state index is 0.126. The van der Waals surface area contributed by atoms with Crippen molar-refractivity contribution in [2.75, 3.05) is 38.2 Å². The third-order valence-electron chi connectivity index (χ3n) is 4.60. The maximum atomic E-state index is 12.5. The Bertz CT molecular complexity index is 854. The Kier molecular flexibility index (Phi) is 6.26. The van der Waals surface area contributed by atoms with E-state index in [1.165, 1.54) is 16.9 Å². The van der Waals surface area contributed by atoms with Gasteiger partial charge in [0.2, 0.25) is 5.91 Å². The monoisotopic (exact) mass is 381 g/mol. The first-order valence-corrected chi connectivity index (χ1v) is 9.14. The highest BCUT2D eigenvalue weighted by atomic mass is 16.5. The number of anilines is 1. The van der Waals surface area contributed by atoms with Gasteiger partial charge in [0.1, 0.15) is 12.3 Å². The van der Waals surface area contributed by atoms with Crippen LogP contribution in [0.3, 0.4) is 0 Å². The molecule has 0 unspecified atom stereocenters. The van der Waals surface area contributed by atoms with Gasteiger partial charge in [-0.3, -0.25) is 19.3 Å². The Morgan fingerprint density at radius 2 is 1.71 bits per heavy atom. The van der Waals surface area contributed by atoms with E-state index >= 15 is 0 Å². The summed E-state index contributed by atoms with van der Waals surface area (Å²) in [4.78, 5) is 39.8. The number of nitrogens with one attached hydrogen (secondary N) is 1. The van der Waals surface area contributed by atoms with Crippen LogP contribution >= 0.6 is 0 Å². The summed E-state index contributed by atoms with van der Waals surface area (Å²) in [5.41, 5.74) is 1.68. The molecule has 0 aliphatic carbocycles. The molecule has 1 saturated heterocycles. The first-order valence-electron chi connectivity index (χ1n) is 9.14. The molecular formula is C21H23N3O4. The fourth-order valence-corrected chi connectivity index (χ4v) is 3.13. The van der Waals surface area contributed by atoms with Crippen LogP contribution in [0, 0.1) is 0 Å². The highest BCUT2D eigenvalue weighted by Gasteiger charge is 2.35. The van der Waals surface area contributed by atoms with Crippen LogP contribution in [0.15, 0.2) is 54.6 Å². The van der Waals surface area contributed by atoms with Gasteiger partial charge in [0.05, 0.1) is 12.8 Å². The molecule has 2 aromatic carbocycles. The van der Waals surface area contributed by atoms with Crippen molar-refractivity contribution in [2.24, 2.45) is 0 Å². The maximum Gasteiger partial charge on any atom is 0.316 e. The second-order valence-corrected chi connectivity index (χ2v) is 6.44. The predicted molar refractivity (Wildman–Crippen MR) is 105 cm³/mol. The van der Waals surface area contributed by atoms with E-state index in [2.05, 4.69) is 5.32 Å². The molecule has 0 atom stereocenters. The first-order chi connectivity index (χ1) is 13.6. The lowest BCUT2D eigenvalue weighted by molar-refractivity contribution is -0.147. The number of ether oxygens (including phenoxy) is 1. The third-order valence-corrected chi connectivity index (χ3v) is 4.60. The van der Waals surface area contributed by atoms with Crippen LogP contribution in [0.25, 0.3) is 0 Å². The van der Waals surface area contributed by atoms with E-state index in [1.807, 2.05) is 30.3 Å². The van der Waals surface area contributed by atoms with Gasteiger partial charge in [0.15, 0.2) is 0 Å². The van der Waals surface area contributed by atoms with Crippen LogP contribution in [-0.4, -0.2) is 55.9 Å². The summed E-state index contributed by atoms with van der Waals surface area (Å²) in [6.45, 7) is 0.947. The van der Waals surface area contributed by atoms with Crippen molar-refractivity contribution in [1.82, 2.24) is 10.2 Å². The van der Waals surface area contributed by atoms with E-state index in [0.717, 1.165) is 5.56 Å². The highest BCUT2D eigenvalue weighted by molar-refractivity contribution is 6.41. The van der Waals surface area contributed by atoms with Crippen LogP contribution in [0.2, 0.25) is 0 Å². The quantitative estimate of drug-likeness (QED) is 0.732. The van der Waals surface area contributed by atoms with Gasteiger partial charge >= 0.3 is 11.8 Å². The SMILES string of the molecule is COc1ccccc1N1CCN(CC(=O)NCCc2ccccc2)C(=O)C1=O. The summed E-state index contributed by atoms with van der Waals surface area (Å²) in [7, 11) is 1.52. The molecule has 146 valence electrons. The number of hydrogen-bond acceptors (Lipinski definition) is 4. The van der Waals surface area contributed by atoms with Crippen molar-refractivity contribution in [3.05, 3.63) is 60.2 Å². The third kappa shape index (κ3) is 4.49. The molecule has 1 N–H and O–H groups in total. The number of benzene rings is 2. The van der Waals surface area contributed by atoms with Gasteiger partial charge in [-0.15, -0.1) is 0 Å². The number of amides is 3. The average Bonchev–Trinajstić information content (AvgIpc) is 2.72. The Morgan fingerprint density at radius 1 is 1.00 bits per heavy atom. The van der Waals surface area contributed by atoms with Gasteiger partial charge in [0.25, 0.3) is 0 Å². The van der Waals surface area contributed by atoms with E-state index < -0.39 is 11.8 Å². The largest absolute Gasteiger partial charge is 0.495 e. The summed E-state index contributed by atoms with van der Waals surface area (Å²) in [6.07, 6.45) is 0.709. The number of carbonyl (C=O) groups excluding carboxylic acids is 3. The normalized spacial score (nSPS) is 14.2. The van der Waals surface area contributed by atoms with E-state index in [9.17, 15) is 14.4 Å². The molecule has 1 aliphatic heterocycles. The van der Waals surface area contributed by atoms with Gasteiger partial charge in [0, 0.05) is 19.6 Å². The van der Waals surface area contributed by atoms with Gasteiger partial charge in [-0.2, -0.15) is 0 Å². The molecule has 1 aliphatic rings. The number of methoxy groups -OCH3 is 1. The minimum Gasteiger partial charge on any atom is -0.495 e. The molecular weight excluding hydrogens is 358 g/mol. The molecule has 0 aromatic heterocycles. The van der Waals surface area contributed by atoms with Gasteiger partial charge in [-0.25, -0.2) is 0 Å². The summed E-state index contributed by atoms with van der Waals surface area (Å²) < 4.78 is 5.27. The van der Waals surface area contributed by atoms with Crippen LogP contribution in [0.5, 0.6) is 5.75 Å². The summed E-state index contributed by atoms with van der Waals surface area (Å²) in [6, 6.07) is 16.9. The van der Waals surface area contributed by atoms with Crippen LogP contribution in [0.1, 0.15) is 5.56 Å². The molecule has 0 spiro atoms.